The molecule has 3 nitrogen and oxygen atoms in total. The first-order chi connectivity index (χ1) is 12.4. The summed E-state index contributed by atoms with van der Waals surface area (Å²) < 4.78 is 29.2. The Morgan fingerprint density at radius 2 is 1.31 bits per heavy atom. The van der Waals surface area contributed by atoms with Crippen molar-refractivity contribution in [1.29, 1.82) is 0 Å². The van der Waals surface area contributed by atoms with Gasteiger partial charge in [0, 0.05) is 0 Å². The van der Waals surface area contributed by atoms with E-state index in [1.807, 2.05) is 6.92 Å². The van der Waals surface area contributed by atoms with Crippen molar-refractivity contribution < 1.29 is 12.6 Å². The van der Waals surface area contributed by atoms with Crippen molar-refractivity contribution in [1.82, 2.24) is 0 Å². The molecule has 0 amide bonds. The molecule has 1 rings (SSSR count). The molecule has 148 valence electrons. The average Bonchev–Trinajstić information content (AvgIpc) is 2.59. The van der Waals surface area contributed by atoms with Crippen molar-refractivity contribution in [3.05, 3.63) is 42.0 Å². The van der Waals surface area contributed by atoms with Gasteiger partial charge in [-0.05, 0) is 45.2 Å². The first kappa shape index (κ1) is 22.9. The van der Waals surface area contributed by atoms with Crippen molar-refractivity contribution in [2.45, 2.75) is 89.4 Å². The highest BCUT2D eigenvalue weighted by atomic mass is 32.2. The van der Waals surface area contributed by atoms with E-state index in [-0.39, 0.29) is 11.5 Å². The third kappa shape index (κ3) is 10.8. The third-order valence-corrected chi connectivity index (χ3v) is 5.87. The molecule has 0 heterocycles. The Balaban J connectivity index is 1.96. The van der Waals surface area contributed by atoms with Gasteiger partial charge in [-0.25, -0.2) is 0 Å². The van der Waals surface area contributed by atoms with E-state index in [4.69, 9.17) is 4.18 Å². The molecule has 0 aliphatic heterocycles. The van der Waals surface area contributed by atoms with Crippen LogP contribution in [0, 0.1) is 6.92 Å². The molecule has 0 unspecified atom stereocenters. The highest BCUT2D eigenvalue weighted by Crippen LogP contribution is 2.15. The average molecular weight is 381 g/mol. The molecule has 0 aliphatic carbocycles. The molecule has 0 aromatic heterocycles. The summed E-state index contributed by atoms with van der Waals surface area (Å²) >= 11 is 0. The first-order valence-corrected chi connectivity index (χ1v) is 11.4. The van der Waals surface area contributed by atoms with Gasteiger partial charge in [0.1, 0.15) is 0 Å². The Morgan fingerprint density at radius 1 is 0.846 bits per heavy atom. The molecule has 0 bridgehead atoms. The van der Waals surface area contributed by atoms with Crippen LogP contribution in [0.2, 0.25) is 0 Å². The lowest BCUT2D eigenvalue weighted by molar-refractivity contribution is 0.306. The van der Waals surface area contributed by atoms with Gasteiger partial charge in [0.15, 0.2) is 0 Å². The molecule has 0 saturated heterocycles. The number of benzene rings is 1. The summed E-state index contributed by atoms with van der Waals surface area (Å²) in [5.74, 6) is 0. The van der Waals surface area contributed by atoms with E-state index in [1.54, 1.807) is 24.3 Å². The Morgan fingerprint density at radius 3 is 1.81 bits per heavy atom. The normalized spacial score (nSPS) is 11.6. The Hall–Kier alpha value is -1.13. The number of rotatable bonds is 15. The summed E-state index contributed by atoms with van der Waals surface area (Å²) in [6, 6.07) is 6.78. The van der Waals surface area contributed by atoms with Gasteiger partial charge in [0.25, 0.3) is 10.1 Å². The van der Waals surface area contributed by atoms with Gasteiger partial charge in [-0.2, -0.15) is 8.42 Å². The minimum Gasteiger partial charge on any atom is -0.266 e. The quantitative estimate of drug-likeness (QED) is 0.196. The molecule has 0 saturated carbocycles. The number of hydrogen-bond acceptors (Lipinski definition) is 3. The van der Waals surface area contributed by atoms with Crippen molar-refractivity contribution in [3.63, 3.8) is 0 Å². The lowest BCUT2D eigenvalue weighted by Crippen LogP contribution is -2.07. The molecule has 0 atom stereocenters. The molecule has 0 fully saturated rings. The van der Waals surface area contributed by atoms with Crippen LogP contribution in [0.4, 0.5) is 0 Å². The Bertz CT molecular complexity index is 603. The first-order valence-electron chi connectivity index (χ1n) is 10.0. The summed E-state index contributed by atoms with van der Waals surface area (Å²) in [4.78, 5) is 0.242. The van der Waals surface area contributed by atoms with Crippen molar-refractivity contribution in [3.8, 4) is 0 Å². The number of allylic oxidation sites excluding steroid dienone is 1. The molecular formula is C22H36O3S. The largest absolute Gasteiger partial charge is 0.296 e. The van der Waals surface area contributed by atoms with E-state index in [0.29, 0.717) is 0 Å². The molecule has 1 aromatic carbocycles. The van der Waals surface area contributed by atoms with Crippen LogP contribution in [-0.4, -0.2) is 15.0 Å². The maximum atomic E-state index is 12.0. The summed E-state index contributed by atoms with van der Waals surface area (Å²) in [7, 11) is -3.60. The van der Waals surface area contributed by atoms with Gasteiger partial charge in [0.2, 0.25) is 0 Å². The molecule has 0 radical (unpaired) electrons. The van der Waals surface area contributed by atoms with Crippen LogP contribution >= 0.6 is 0 Å². The topological polar surface area (TPSA) is 43.4 Å². The van der Waals surface area contributed by atoms with Gasteiger partial charge < -0.3 is 0 Å². The van der Waals surface area contributed by atoms with Crippen LogP contribution < -0.4 is 0 Å². The Labute approximate surface area is 161 Å². The zero-order chi connectivity index (χ0) is 19.3. The summed E-state index contributed by atoms with van der Waals surface area (Å²) in [5, 5.41) is 0. The molecule has 0 spiro atoms. The minimum absolute atomic E-state index is 0.242. The van der Waals surface area contributed by atoms with Gasteiger partial charge in [0.05, 0.1) is 11.5 Å². The van der Waals surface area contributed by atoms with Gasteiger partial charge >= 0.3 is 0 Å². The fourth-order valence-electron chi connectivity index (χ4n) is 2.88. The van der Waals surface area contributed by atoms with Crippen LogP contribution in [0.5, 0.6) is 0 Å². The second-order valence-electron chi connectivity index (χ2n) is 7.33. The summed E-state index contributed by atoms with van der Waals surface area (Å²) in [5.41, 5.74) is 2.33. The smallest absolute Gasteiger partial charge is 0.266 e. The SMILES string of the molecule is C=C(C)CCCCCCCCCCCCOS(=O)(=O)c1ccc(C)cc1. The zero-order valence-electron chi connectivity index (χ0n) is 16.6. The van der Waals surface area contributed by atoms with Crippen LogP contribution in [0.15, 0.2) is 41.3 Å². The minimum atomic E-state index is -3.60. The van der Waals surface area contributed by atoms with Crippen LogP contribution in [-0.2, 0) is 14.3 Å². The van der Waals surface area contributed by atoms with Gasteiger partial charge in [-0.1, -0.05) is 74.6 Å². The lowest BCUT2D eigenvalue weighted by atomic mass is 10.0. The van der Waals surface area contributed by atoms with Crippen LogP contribution in [0.25, 0.3) is 0 Å². The van der Waals surface area contributed by atoms with Crippen molar-refractivity contribution >= 4 is 10.1 Å². The van der Waals surface area contributed by atoms with Crippen LogP contribution in [0.3, 0.4) is 0 Å². The summed E-state index contributed by atoms with van der Waals surface area (Å²) in [6.45, 7) is 8.24. The lowest BCUT2D eigenvalue weighted by Gasteiger charge is -2.06. The molecule has 0 aliphatic rings. The second-order valence-corrected chi connectivity index (χ2v) is 8.95. The maximum Gasteiger partial charge on any atom is 0.296 e. The van der Waals surface area contributed by atoms with E-state index >= 15 is 0 Å². The summed E-state index contributed by atoms with van der Waals surface area (Å²) in [6.07, 6.45) is 13.2. The molecule has 26 heavy (non-hydrogen) atoms. The fourth-order valence-corrected chi connectivity index (χ4v) is 3.83. The molecular weight excluding hydrogens is 344 g/mol. The predicted octanol–water partition coefficient (Wildman–Crippen LogP) is 6.57. The second kappa shape index (κ2) is 13.1. The monoisotopic (exact) mass is 380 g/mol. The van der Waals surface area contributed by atoms with E-state index in [0.717, 1.165) is 24.8 Å². The van der Waals surface area contributed by atoms with Gasteiger partial charge in [-0.15, -0.1) is 6.58 Å². The zero-order valence-corrected chi connectivity index (χ0v) is 17.5. The fraction of sp³-hybridized carbons (Fsp3) is 0.636. The predicted molar refractivity (Wildman–Crippen MR) is 110 cm³/mol. The van der Waals surface area contributed by atoms with Gasteiger partial charge in [-0.3, -0.25) is 4.18 Å². The van der Waals surface area contributed by atoms with Crippen molar-refractivity contribution in [2.75, 3.05) is 6.61 Å². The Kier molecular flexibility index (Phi) is 11.5. The van der Waals surface area contributed by atoms with E-state index < -0.39 is 10.1 Å². The number of aryl methyl sites for hydroxylation is 1. The van der Waals surface area contributed by atoms with Crippen LogP contribution in [0.1, 0.15) is 83.1 Å². The number of unbranched alkanes of at least 4 members (excludes halogenated alkanes) is 9. The van der Waals surface area contributed by atoms with E-state index in [1.165, 1.54) is 56.9 Å². The molecule has 0 N–H and O–H groups in total. The third-order valence-electron chi connectivity index (χ3n) is 4.55. The number of hydrogen-bond donors (Lipinski definition) is 0. The molecule has 4 heteroatoms. The highest BCUT2D eigenvalue weighted by molar-refractivity contribution is 7.86. The molecule has 1 aromatic rings. The van der Waals surface area contributed by atoms with E-state index in [9.17, 15) is 8.42 Å². The maximum absolute atomic E-state index is 12.0. The standard InChI is InChI=1S/C22H36O3S/c1-20(2)14-12-10-8-6-4-5-7-9-11-13-19-25-26(23,24)22-17-15-21(3)16-18-22/h15-18H,1,4-14,19H2,2-3H3. The van der Waals surface area contributed by atoms with Crippen molar-refractivity contribution in [2.24, 2.45) is 0 Å². The van der Waals surface area contributed by atoms with E-state index in [2.05, 4.69) is 13.5 Å². The highest BCUT2D eigenvalue weighted by Gasteiger charge is 2.14.